The molecule has 2 fully saturated rings. The lowest BCUT2D eigenvalue weighted by Gasteiger charge is -2.36. The molecule has 0 N–H and O–H groups in total. The Balaban J connectivity index is 2.10. The van der Waals surface area contributed by atoms with Gasteiger partial charge < -0.3 is 19.3 Å². The fourth-order valence-electron chi connectivity index (χ4n) is 4.40. The Labute approximate surface area is 193 Å². The van der Waals surface area contributed by atoms with Crippen LogP contribution in [0.5, 0.6) is 0 Å². The van der Waals surface area contributed by atoms with Gasteiger partial charge in [0, 0.05) is 19.3 Å². The molecule has 0 radical (unpaired) electrons. The predicted octanol–water partition coefficient (Wildman–Crippen LogP) is 4.53. The molecule has 0 saturated carbocycles. The van der Waals surface area contributed by atoms with Crippen LogP contribution in [0, 0.1) is 0 Å². The van der Waals surface area contributed by atoms with Crippen molar-refractivity contribution in [3.8, 4) is 0 Å². The molecule has 9 heteroatoms. The van der Waals surface area contributed by atoms with Gasteiger partial charge in [0.25, 0.3) is 0 Å². The first-order valence-electron chi connectivity index (χ1n) is 11.4. The van der Waals surface area contributed by atoms with Gasteiger partial charge >= 0.3 is 18.1 Å². The van der Waals surface area contributed by atoms with Crippen molar-refractivity contribution in [2.75, 3.05) is 38.3 Å². The Hall–Kier alpha value is -2.13. The molecule has 0 aromatic heterocycles. The lowest BCUT2D eigenvalue weighted by Crippen LogP contribution is -2.50. The molecule has 3 rings (SSSR count). The molecule has 1 aromatic rings. The van der Waals surface area contributed by atoms with Crippen molar-refractivity contribution in [3.05, 3.63) is 29.3 Å². The minimum atomic E-state index is -5.08. The van der Waals surface area contributed by atoms with Crippen molar-refractivity contribution in [2.45, 2.75) is 70.2 Å². The van der Waals surface area contributed by atoms with Gasteiger partial charge in [0.2, 0.25) is 0 Å². The van der Waals surface area contributed by atoms with E-state index in [4.69, 9.17) is 9.47 Å². The number of anilines is 1. The molecule has 0 atom stereocenters. The van der Waals surface area contributed by atoms with E-state index in [1.54, 1.807) is 32.9 Å². The van der Waals surface area contributed by atoms with Gasteiger partial charge in [-0.05, 0) is 90.2 Å². The summed E-state index contributed by atoms with van der Waals surface area (Å²) in [7, 11) is 2.03. The van der Waals surface area contributed by atoms with E-state index in [2.05, 4.69) is 4.90 Å². The fourth-order valence-corrected chi connectivity index (χ4v) is 4.40. The summed E-state index contributed by atoms with van der Waals surface area (Å²) in [4.78, 5) is 28.6. The van der Waals surface area contributed by atoms with Crippen molar-refractivity contribution >= 4 is 17.6 Å². The van der Waals surface area contributed by atoms with Crippen LogP contribution in [0.3, 0.4) is 0 Å². The molecule has 0 aliphatic carbocycles. The fraction of sp³-hybridized carbons (Fsp3) is 0.667. The number of hydrogen-bond donors (Lipinski definition) is 0. The summed E-state index contributed by atoms with van der Waals surface area (Å²) in [6, 6.07) is 4.15. The van der Waals surface area contributed by atoms with Crippen LogP contribution in [0.25, 0.3) is 0 Å². The SMILES string of the molecule is CN1CCC(c2ccc(C(=O)OC(C)(C)C)c(N(C(=O)C(F)(F)F)C3CCOCC3)c2)CC1. The maximum absolute atomic E-state index is 13.7. The van der Waals surface area contributed by atoms with Crippen molar-refractivity contribution < 1.29 is 32.2 Å². The number of piperidine rings is 1. The van der Waals surface area contributed by atoms with Gasteiger partial charge in [0.1, 0.15) is 5.60 Å². The molecule has 184 valence electrons. The highest BCUT2D eigenvalue weighted by atomic mass is 19.4. The van der Waals surface area contributed by atoms with Gasteiger partial charge in [0.15, 0.2) is 0 Å². The molecule has 0 spiro atoms. The Bertz CT molecular complexity index is 852. The van der Waals surface area contributed by atoms with E-state index in [0.29, 0.717) is 0 Å². The number of benzene rings is 1. The van der Waals surface area contributed by atoms with E-state index < -0.39 is 29.7 Å². The number of hydrogen-bond acceptors (Lipinski definition) is 5. The van der Waals surface area contributed by atoms with Crippen LogP contribution in [0.2, 0.25) is 0 Å². The zero-order chi connectivity index (χ0) is 24.4. The molecule has 1 aromatic carbocycles. The number of ether oxygens (including phenoxy) is 2. The van der Waals surface area contributed by atoms with Gasteiger partial charge in [-0.3, -0.25) is 4.79 Å². The Morgan fingerprint density at radius 2 is 1.67 bits per heavy atom. The standard InChI is InChI=1S/C24H33F3N2O4/c1-23(2,3)33-21(30)19-6-5-17(16-7-11-28(4)12-8-16)15-20(19)29(22(31)24(25,26)27)18-9-13-32-14-10-18/h5-6,15-16,18H,7-14H2,1-4H3. The van der Waals surface area contributed by atoms with Crippen LogP contribution < -0.4 is 4.90 Å². The molecule has 6 nitrogen and oxygen atoms in total. The topological polar surface area (TPSA) is 59.1 Å². The predicted molar refractivity (Wildman–Crippen MR) is 118 cm³/mol. The minimum Gasteiger partial charge on any atom is -0.456 e. The van der Waals surface area contributed by atoms with Crippen molar-refractivity contribution in [2.24, 2.45) is 0 Å². The number of amides is 1. The Morgan fingerprint density at radius 3 is 2.21 bits per heavy atom. The number of alkyl halides is 3. The largest absolute Gasteiger partial charge is 0.471 e. The average Bonchev–Trinajstić information content (AvgIpc) is 2.73. The van der Waals surface area contributed by atoms with Crippen LogP contribution in [0.15, 0.2) is 18.2 Å². The molecule has 0 unspecified atom stereocenters. The third-order valence-electron chi connectivity index (χ3n) is 6.11. The van der Waals surface area contributed by atoms with E-state index >= 15 is 0 Å². The van der Waals surface area contributed by atoms with Crippen molar-refractivity contribution in [1.29, 1.82) is 0 Å². The summed E-state index contributed by atoms with van der Waals surface area (Å²) in [5, 5.41) is 0. The highest BCUT2D eigenvalue weighted by Crippen LogP contribution is 2.36. The van der Waals surface area contributed by atoms with E-state index in [0.717, 1.165) is 36.4 Å². The second-order valence-corrected chi connectivity index (χ2v) is 9.87. The number of nitrogens with zero attached hydrogens (tertiary/aromatic N) is 2. The molecule has 2 aliphatic rings. The summed E-state index contributed by atoms with van der Waals surface area (Å²) in [6.07, 6.45) is -2.85. The first kappa shape index (κ1) is 25.5. The normalized spacial score (nSPS) is 19.4. The van der Waals surface area contributed by atoms with Crippen LogP contribution in [0.1, 0.15) is 68.3 Å². The molecule has 2 saturated heterocycles. The van der Waals surface area contributed by atoms with Crippen molar-refractivity contribution in [1.82, 2.24) is 4.90 Å². The summed E-state index contributed by atoms with van der Waals surface area (Å²) in [5.41, 5.74) is -0.0727. The lowest BCUT2D eigenvalue weighted by atomic mass is 9.88. The van der Waals surface area contributed by atoms with Crippen molar-refractivity contribution in [3.63, 3.8) is 0 Å². The molecular formula is C24H33F3N2O4. The lowest BCUT2D eigenvalue weighted by molar-refractivity contribution is -0.171. The summed E-state index contributed by atoms with van der Waals surface area (Å²) in [5.74, 6) is -2.58. The van der Waals surface area contributed by atoms with E-state index in [1.165, 1.54) is 6.07 Å². The van der Waals surface area contributed by atoms with Gasteiger partial charge in [-0.1, -0.05) is 6.07 Å². The van der Waals surface area contributed by atoms with Crippen LogP contribution in [-0.2, 0) is 14.3 Å². The molecule has 1 amide bonds. The quantitative estimate of drug-likeness (QED) is 0.606. The van der Waals surface area contributed by atoms with Crippen LogP contribution in [0.4, 0.5) is 18.9 Å². The molecule has 33 heavy (non-hydrogen) atoms. The highest BCUT2D eigenvalue weighted by Gasteiger charge is 2.46. The van der Waals surface area contributed by atoms with Gasteiger partial charge in [-0.25, -0.2) is 4.79 Å². The third-order valence-corrected chi connectivity index (χ3v) is 6.11. The van der Waals surface area contributed by atoms with Gasteiger partial charge in [-0.15, -0.1) is 0 Å². The molecule has 2 heterocycles. The Morgan fingerprint density at radius 1 is 1.06 bits per heavy atom. The number of esters is 1. The number of carbonyl (C=O) groups excluding carboxylic acids is 2. The third kappa shape index (κ3) is 6.47. The average molecular weight is 471 g/mol. The monoisotopic (exact) mass is 470 g/mol. The number of rotatable bonds is 4. The smallest absolute Gasteiger partial charge is 0.456 e. The first-order valence-corrected chi connectivity index (χ1v) is 11.4. The maximum Gasteiger partial charge on any atom is 0.471 e. The highest BCUT2D eigenvalue weighted by molar-refractivity contribution is 6.05. The number of halogens is 3. The van der Waals surface area contributed by atoms with E-state index in [1.807, 2.05) is 7.05 Å². The van der Waals surface area contributed by atoms with Gasteiger partial charge in [0.05, 0.1) is 11.3 Å². The zero-order valence-electron chi connectivity index (χ0n) is 19.7. The van der Waals surface area contributed by atoms with Crippen LogP contribution in [-0.4, -0.2) is 67.9 Å². The molecule has 2 aliphatic heterocycles. The summed E-state index contributed by atoms with van der Waals surface area (Å²) in [6.45, 7) is 7.32. The van der Waals surface area contributed by atoms with E-state index in [9.17, 15) is 22.8 Å². The first-order chi connectivity index (χ1) is 15.4. The zero-order valence-corrected chi connectivity index (χ0v) is 19.7. The van der Waals surface area contributed by atoms with Crippen LogP contribution >= 0.6 is 0 Å². The van der Waals surface area contributed by atoms with E-state index in [-0.39, 0.29) is 43.2 Å². The van der Waals surface area contributed by atoms with Gasteiger partial charge in [-0.2, -0.15) is 13.2 Å². The maximum atomic E-state index is 13.7. The molecule has 0 bridgehead atoms. The second kappa shape index (κ2) is 10.0. The minimum absolute atomic E-state index is 0.0325. The number of carbonyl (C=O) groups is 2. The Kier molecular flexibility index (Phi) is 7.73. The number of likely N-dealkylation sites (tertiary alicyclic amines) is 1. The molecular weight excluding hydrogens is 437 g/mol. The second-order valence-electron chi connectivity index (χ2n) is 9.87. The summed E-state index contributed by atoms with van der Waals surface area (Å²) >= 11 is 0. The summed E-state index contributed by atoms with van der Waals surface area (Å²) < 4.78 is 51.9.